The van der Waals surface area contributed by atoms with Crippen molar-refractivity contribution in [1.82, 2.24) is 0 Å². The number of allylic oxidation sites excluding steroid dienone is 4. The second kappa shape index (κ2) is 7.35. The highest BCUT2D eigenvalue weighted by molar-refractivity contribution is 5.81. The van der Waals surface area contributed by atoms with Crippen molar-refractivity contribution in [2.24, 2.45) is 10.9 Å². The van der Waals surface area contributed by atoms with Gasteiger partial charge in [-0.25, -0.2) is 0 Å². The van der Waals surface area contributed by atoms with Gasteiger partial charge in [0.25, 0.3) is 0 Å². The van der Waals surface area contributed by atoms with Crippen LogP contribution in [0.15, 0.2) is 40.4 Å². The summed E-state index contributed by atoms with van der Waals surface area (Å²) in [7, 11) is 0. The summed E-state index contributed by atoms with van der Waals surface area (Å²) in [4.78, 5) is 4.62. The highest BCUT2D eigenvalue weighted by Crippen LogP contribution is 2.39. The van der Waals surface area contributed by atoms with Crippen LogP contribution < -0.4 is 0 Å². The lowest BCUT2D eigenvalue weighted by Gasteiger charge is -2.12. The van der Waals surface area contributed by atoms with Gasteiger partial charge in [0.1, 0.15) is 0 Å². The fourth-order valence-electron chi connectivity index (χ4n) is 2.22. The molecule has 0 aromatic heterocycles. The lowest BCUT2D eigenvalue weighted by molar-refractivity contribution is 0.887. The van der Waals surface area contributed by atoms with Gasteiger partial charge in [-0.3, -0.25) is 4.99 Å². The largest absolute Gasteiger partial charge is 0.294 e. The van der Waals surface area contributed by atoms with Gasteiger partial charge in [-0.1, -0.05) is 31.2 Å². The molecule has 0 aromatic carbocycles. The van der Waals surface area contributed by atoms with E-state index in [-0.39, 0.29) is 0 Å². The third kappa shape index (κ3) is 4.64. The number of nitrogens with zero attached hydrogens (tertiary/aromatic N) is 1. The molecule has 0 bridgehead atoms. The molecule has 0 aromatic rings. The summed E-state index contributed by atoms with van der Waals surface area (Å²) in [6.07, 6.45) is 8.87. The molecule has 1 aliphatic carbocycles. The zero-order valence-electron chi connectivity index (χ0n) is 12.4. The molecule has 0 amide bonds. The van der Waals surface area contributed by atoms with Gasteiger partial charge in [-0.2, -0.15) is 0 Å². The Hall–Kier alpha value is -1.11. The normalized spacial score (nSPS) is 18.7. The van der Waals surface area contributed by atoms with Gasteiger partial charge in [0.05, 0.1) is 0 Å². The fourth-order valence-corrected chi connectivity index (χ4v) is 2.22. The van der Waals surface area contributed by atoms with Crippen LogP contribution in [0.4, 0.5) is 0 Å². The van der Waals surface area contributed by atoms with Gasteiger partial charge in [0, 0.05) is 12.3 Å². The molecule has 1 saturated carbocycles. The summed E-state index contributed by atoms with van der Waals surface area (Å²) in [6.45, 7) is 13.5. The highest BCUT2D eigenvalue weighted by Gasteiger charge is 2.25. The Kier molecular flexibility index (Phi) is 6.11. The molecule has 0 spiro atoms. The molecule has 0 saturated heterocycles. The van der Waals surface area contributed by atoms with E-state index in [0.29, 0.717) is 0 Å². The van der Waals surface area contributed by atoms with Crippen LogP contribution in [0.2, 0.25) is 0 Å². The van der Waals surface area contributed by atoms with Crippen molar-refractivity contribution >= 4 is 5.71 Å². The van der Waals surface area contributed by atoms with Gasteiger partial charge in [0.2, 0.25) is 0 Å². The molecule has 0 unspecified atom stereocenters. The molecule has 0 heterocycles. The third-order valence-electron chi connectivity index (χ3n) is 3.76. The molecule has 1 aliphatic rings. The maximum absolute atomic E-state index is 4.62. The van der Waals surface area contributed by atoms with Crippen LogP contribution >= 0.6 is 0 Å². The standard InChI is InChI=1S/C17H27N/c1-6-8-13(3)17(15(5)16-9-10-16)11-12-18-14(4)7-2/h6,8,16H,1,7,9-12H2,2-5H3/b13-8-,17-15+,18-14?. The average Bonchev–Trinajstić information content (AvgIpc) is 3.17. The topological polar surface area (TPSA) is 12.4 Å². The van der Waals surface area contributed by atoms with Crippen molar-refractivity contribution in [3.8, 4) is 0 Å². The molecule has 100 valence electrons. The van der Waals surface area contributed by atoms with Crippen molar-refractivity contribution in [2.45, 2.75) is 53.4 Å². The molecule has 1 nitrogen and oxygen atoms in total. The maximum atomic E-state index is 4.62. The first kappa shape index (κ1) is 14.9. The molecule has 1 heteroatoms. The van der Waals surface area contributed by atoms with Crippen molar-refractivity contribution < 1.29 is 0 Å². The zero-order valence-corrected chi connectivity index (χ0v) is 12.4. The number of rotatable bonds is 7. The minimum atomic E-state index is 0.837. The number of hydrogen-bond donors (Lipinski definition) is 0. The van der Waals surface area contributed by atoms with Crippen LogP contribution in [0.3, 0.4) is 0 Å². The first-order valence-corrected chi connectivity index (χ1v) is 7.09. The summed E-state index contributed by atoms with van der Waals surface area (Å²) in [5.41, 5.74) is 5.70. The van der Waals surface area contributed by atoms with Gasteiger partial charge in [-0.15, -0.1) is 0 Å². The van der Waals surface area contributed by atoms with Crippen LogP contribution in [0.25, 0.3) is 0 Å². The second-order valence-corrected chi connectivity index (χ2v) is 5.24. The van der Waals surface area contributed by atoms with E-state index in [1.54, 1.807) is 5.57 Å². The van der Waals surface area contributed by atoms with Gasteiger partial charge in [0.15, 0.2) is 0 Å². The van der Waals surface area contributed by atoms with Gasteiger partial charge in [-0.05, 0) is 63.5 Å². The lowest BCUT2D eigenvalue weighted by Crippen LogP contribution is -1.98. The van der Waals surface area contributed by atoms with Crippen molar-refractivity contribution in [3.63, 3.8) is 0 Å². The monoisotopic (exact) mass is 245 g/mol. The molecule has 0 N–H and O–H groups in total. The molecule has 0 atom stereocenters. The summed E-state index contributed by atoms with van der Waals surface area (Å²) in [5, 5.41) is 0. The average molecular weight is 245 g/mol. The Bertz CT molecular complexity index is 378. The summed E-state index contributed by atoms with van der Waals surface area (Å²) in [5.74, 6) is 0.837. The van der Waals surface area contributed by atoms with E-state index in [2.05, 4.69) is 45.3 Å². The van der Waals surface area contributed by atoms with Crippen molar-refractivity contribution in [1.29, 1.82) is 0 Å². The zero-order chi connectivity index (χ0) is 13.5. The lowest BCUT2D eigenvalue weighted by atomic mass is 9.95. The molecule has 1 rings (SSSR count). The van der Waals surface area contributed by atoms with Crippen molar-refractivity contribution in [3.05, 3.63) is 35.5 Å². The van der Waals surface area contributed by atoms with E-state index < -0.39 is 0 Å². The number of aliphatic imine (C=N–C) groups is 1. The van der Waals surface area contributed by atoms with Crippen LogP contribution in [-0.4, -0.2) is 12.3 Å². The fraction of sp³-hybridized carbons (Fsp3) is 0.588. The van der Waals surface area contributed by atoms with E-state index >= 15 is 0 Å². The Morgan fingerprint density at radius 2 is 1.94 bits per heavy atom. The van der Waals surface area contributed by atoms with Crippen LogP contribution in [-0.2, 0) is 0 Å². The predicted octanol–water partition coefficient (Wildman–Crippen LogP) is 5.11. The maximum Gasteiger partial charge on any atom is 0.0429 e. The summed E-state index contributed by atoms with van der Waals surface area (Å²) < 4.78 is 0. The highest BCUT2D eigenvalue weighted by atomic mass is 14.7. The van der Waals surface area contributed by atoms with Crippen LogP contribution in [0, 0.1) is 5.92 Å². The van der Waals surface area contributed by atoms with Gasteiger partial charge >= 0.3 is 0 Å². The van der Waals surface area contributed by atoms with Crippen LogP contribution in [0.1, 0.15) is 53.4 Å². The molecule has 0 radical (unpaired) electrons. The number of hydrogen-bond acceptors (Lipinski definition) is 1. The first-order valence-electron chi connectivity index (χ1n) is 7.09. The predicted molar refractivity (Wildman–Crippen MR) is 82.3 cm³/mol. The van der Waals surface area contributed by atoms with Crippen molar-refractivity contribution in [2.75, 3.05) is 6.54 Å². The molecule has 18 heavy (non-hydrogen) atoms. The Labute approximate surface area is 112 Å². The quantitative estimate of drug-likeness (QED) is 0.437. The molecule has 0 aliphatic heterocycles. The van der Waals surface area contributed by atoms with Crippen LogP contribution in [0.5, 0.6) is 0 Å². The van der Waals surface area contributed by atoms with E-state index in [1.165, 1.54) is 29.7 Å². The second-order valence-electron chi connectivity index (χ2n) is 5.24. The smallest absolute Gasteiger partial charge is 0.0429 e. The first-order chi connectivity index (χ1) is 8.60. The van der Waals surface area contributed by atoms with Gasteiger partial charge < -0.3 is 0 Å². The van der Waals surface area contributed by atoms with E-state index in [4.69, 9.17) is 0 Å². The Balaban J connectivity index is 2.76. The Morgan fingerprint density at radius 3 is 2.44 bits per heavy atom. The van der Waals surface area contributed by atoms with E-state index in [0.717, 1.165) is 25.3 Å². The van der Waals surface area contributed by atoms with E-state index in [1.807, 2.05) is 6.08 Å². The molecular formula is C17H27N. The Morgan fingerprint density at radius 1 is 1.28 bits per heavy atom. The minimum absolute atomic E-state index is 0.837. The third-order valence-corrected chi connectivity index (χ3v) is 3.76. The van der Waals surface area contributed by atoms with E-state index in [9.17, 15) is 0 Å². The molecule has 1 fully saturated rings. The summed E-state index contributed by atoms with van der Waals surface area (Å²) in [6, 6.07) is 0. The molecular weight excluding hydrogens is 218 g/mol. The SMILES string of the molecule is C=C/C=C(C)\C(CCN=C(C)CC)=C(/C)C1CC1. The minimum Gasteiger partial charge on any atom is -0.294 e. The summed E-state index contributed by atoms with van der Waals surface area (Å²) >= 11 is 0.